The second kappa shape index (κ2) is 15.7. The van der Waals surface area contributed by atoms with Gasteiger partial charge in [0.05, 0.1) is 25.4 Å². The molecule has 0 unspecified atom stereocenters. The number of benzene rings is 4. The van der Waals surface area contributed by atoms with Gasteiger partial charge in [0.15, 0.2) is 0 Å². The first-order valence-corrected chi connectivity index (χ1v) is 17.0. The van der Waals surface area contributed by atoms with Crippen LogP contribution in [0, 0.1) is 20.8 Å². The van der Waals surface area contributed by atoms with Gasteiger partial charge in [-0.1, -0.05) is 78.7 Å². The highest BCUT2D eigenvalue weighted by Crippen LogP contribution is 2.57. The molecule has 0 heterocycles. The summed E-state index contributed by atoms with van der Waals surface area (Å²) in [6.07, 6.45) is 2.74. The second-order valence-corrected chi connectivity index (χ2v) is 12.5. The number of rotatable bonds is 16. The lowest BCUT2D eigenvalue weighted by Gasteiger charge is -2.35. The molecule has 2 N–H and O–H groups in total. The third kappa shape index (κ3) is 7.15. The van der Waals surface area contributed by atoms with E-state index < -0.39 is 5.41 Å². The lowest BCUT2D eigenvalue weighted by molar-refractivity contribution is 0.0521. The van der Waals surface area contributed by atoms with Crippen LogP contribution in [0.4, 0.5) is 0 Å². The van der Waals surface area contributed by atoms with Gasteiger partial charge in [0.25, 0.3) is 0 Å². The molecule has 0 aromatic heterocycles. The Bertz CT molecular complexity index is 1640. The molecular weight excluding hydrogens is 584 g/mol. The zero-order valence-electron chi connectivity index (χ0n) is 28.9. The number of carbonyl (C=O) groups excluding carboxylic acids is 1. The standard InChI is InChI=1S/C41H50N2O4/c1-7-43-27-45-21-9-11-31-14-15-32(25-30(31)5)41(37-23-28(3)12-17-34(37)35-18-13-29(4)24-38(35)41)33-16-19-39(47-22-10-20-42-6)36(26-33)40(44)46-8-2/h12-19,23-26,42-43H,7-11,20-22,27H2,1-6H3. The van der Waals surface area contributed by atoms with Gasteiger partial charge in [-0.2, -0.15) is 0 Å². The van der Waals surface area contributed by atoms with E-state index >= 15 is 0 Å². The molecule has 5 rings (SSSR count). The molecule has 0 bridgehead atoms. The van der Waals surface area contributed by atoms with Gasteiger partial charge >= 0.3 is 5.97 Å². The van der Waals surface area contributed by atoms with Gasteiger partial charge in [0, 0.05) is 6.61 Å². The number of esters is 1. The summed E-state index contributed by atoms with van der Waals surface area (Å²) in [5.41, 5.74) is 11.8. The molecular formula is C41H50N2O4. The number of aryl methyl sites for hydroxylation is 4. The van der Waals surface area contributed by atoms with Crippen molar-refractivity contribution in [3.63, 3.8) is 0 Å². The lowest BCUT2D eigenvalue weighted by atomic mass is 9.66. The van der Waals surface area contributed by atoms with Crippen molar-refractivity contribution in [1.82, 2.24) is 10.6 Å². The van der Waals surface area contributed by atoms with Crippen LogP contribution < -0.4 is 15.4 Å². The summed E-state index contributed by atoms with van der Waals surface area (Å²) in [6.45, 7) is 14.3. The molecule has 6 nitrogen and oxygen atoms in total. The molecule has 248 valence electrons. The molecule has 0 saturated carbocycles. The van der Waals surface area contributed by atoms with Crippen LogP contribution in [0.3, 0.4) is 0 Å². The van der Waals surface area contributed by atoms with Crippen LogP contribution in [0.25, 0.3) is 11.1 Å². The summed E-state index contributed by atoms with van der Waals surface area (Å²) in [4.78, 5) is 13.5. The van der Waals surface area contributed by atoms with Crippen LogP contribution in [-0.2, 0) is 21.3 Å². The third-order valence-electron chi connectivity index (χ3n) is 9.15. The smallest absolute Gasteiger partial charge is 0.341 e. The van der Waals surface area contributed by atoms with Crippen molar-refractivity contribution >= 4 is 5.97 Å². The minimum absolute atomic E-state index is 0.290. The van der Waals surface area contributed by atoms with Crippen LogP contribution in [0.5, 0.6) is 5.75 Å². The number of hydrogen-bond donors (Lipinski definition) is 2. The van der Waals surface area contributed by atoms with Crippen LogP contribution in [0.1, 0.15) is 81.6 Å². The maximum Gasteiger partial charge on any atom is 0.341 e. The third-order valence-corrected chi connectivity index (χ3v) is 9.15. The van der Waals surface area contributed by atoms with E-state index in [0.717, 1.165) is 44.5 Å². The quantitative estimate of drug-likeness (QED) is 0.0660. The van der Waals surface area contributed by atoms with Crippen LogP contribution >= 0.6 is 0 Å². The largest absolute Gasteiger partial charge is 0.493 e. The average Bonchev–Trinajstić information content (AvgIpc) is 3.34. The SMILES string of the molecule is CCNCOCCCc1ccc(C2(c3ccc(OCCCNC)c(C(=O)OCC)c3)c3cc(C)ccc3-c3ccc(C)cc32)cc1C. The Morgan fingerprint density at radius 3 is 2.11 bits per heavy atom. The Kier molecular flexibility index (Phi) is 11.5. The first-order chi connectivity index (χ1) is 22.8. The monoisotopic (exact) mass is 634 g/mol. The van der Waals surface area contributed by atoms with Crippen LogP contribution in [0.2, 0.25) is 0 Å². The molecule has 0 amide bonds. The van der Waals surface area contributed by atoms with Crippen LogP contribution in [-0.4, -0.2) is 52.7 Å². The highest BCUT2D eigenvalue weighted by atomic mass is 16.5. The van der Waals surface area contributed by atoms with Gasteiger partial charge in [0.2, 0.25) is 0 Å². The van der Waals surface area contributed by atoms with Crippen molar-refractivity contribution in [3.8, 4) is 16.9 Å². The van der Waals surface area contributed by atoms with Crippen molar-refractivity contribution in [2.45, 2.75) is 59.3 Å². The van der Waals surface area contributed by atoms with Crippen molar-refractivity contribution in [3.05, 3.63) is 123 Å². The fourth-order valence-corrected chi connectivity index (χ4v) is 6.85. The van der Waals surface area contributed by atoms with E-state index in [2.05, 4.69) is 99.0 Å². The Morgan fingerprint density at radius 2 is 1.47 bits per heavy atom. The summed E-state index contributed by atoms with van der Waals surface area (Å²) >= 11 is 0. The zero-order valence-corrected chi connectivity index (χ0v) is 28.9. The van der Waals surface area contributed by atoms with Crippen molar-refractivity contribution in [2.75, 3.05) is 46.7 Å². The Balaban J connectivity index is 1.68. The molecule has 0 atom stereocenters. The van der Waals surface area contributed by atoms with Gasteiger partial charge in [0.1, 0.15) is 11.3 Å². The molecule has 1 aliphatic carbocycles. The minimum atomic E-state index is -0.646. The second-order valence-electron chi connectivity index (χ2n) is 12.5. The molecule has 4 aromatic rings. The summed E-state index contributed by atoms with van der Waals surface area (Å²) < 4.78 is 17.5. The van der Waals surface area contributed by atoms with Gasteiger partial charge in [-0.25, -0.2) is 4.79 Å². The Labute approximate surface area is 280 Å². The van der Waals surface area contributed by atoms with E-state index in [0.29, 0.717) is 24.7 Å². The molecule has 4 aromatic carbocycles. The predicted octanol–water partition coefficient (Wildman–Crippen LogP) is 7.66. The number of hydrogen-bond acceptors (Lipinski definition) is 6. The number of nitrogens with one attached hydrogen (secondary N) is 2. The summed E-state index contributed by atoms with van der Waals surface area (Å²) in [5.74, 6) is 0.177. The first-order valence-electron chi connectivity index (χ1n) is 17.0. The maximum absolute atomic E-state index is 13.5. The topological polar surface area (TPSA) is 68.8 Å². The molecule has 47 heavy (non-hydrogen) atoms. The molecule has 0 fully saturated rings. The molecule has 1 aliphatic rings. The minimum Gasteiger partial charge on any atom is -0.493 e. The van der Waals surface area contributed by atoms with E-state index in [1.165, 1.54) is 50.1 Å². The number of ether oxygens (including phenoxy) is 3. The molecule has 0 radical (unpaired) electrons. The highest BCUT2D eigenvalue weighted by Gasteiger charge is 2.47. The fraction of sp³-hybridized carbons (Fsp3) is 0.390. The van der Waals surface area contributed by atoms with E-state index in [1.54, 1.807) is 0 Å². The van der Waals surface area contributed by atoms with E-state index in [4.69, 9.17) is 14.2 Å². The van der Waals surface area contributed by atoms with Crippen molar-refractivity contribution in [1.29, 1.82) is 0 Å². The fourth-order valence-electron chi connectivity index (χ4n) is 6.85. The molecule has 0 spiro atoms. The number of fused-ring (bicyclic) bond motifs is 3. The Hall–Kier alpha value is -3.97. The van der Waals surface area contributed by atoms with Crippen LogP contribution in [0.15, 0.2) is 72.8 Å². The summed E-state index contributed by atoms with van der Waals surface area (Å²) in [5, 5.41) is 6.37. The average molecular weight is 635 g/mol. The normalized spacial score (nSPS) is 12.9. The number of carbonyl (C=O) groups is 1. The molecule has 0 saturated heterocycles. The van der Waals surface area contributed by atoms with E-state index in [9.17, 15) is 4.79 Å². The predicted molar refractivity (Wildman–Crippen MR) is 191 cm³/mol. The molecule has 0 aliphatic heterocycles. The van der Waals surface area contributed by atoms with Gasteiger partial charge < -0.3 is 19.5 Å². The van der Waals surface area contributed by atoms with Gasteiger partial charge in [-0.3, -0.25) is 5.32 Å². The zero-order chi connectivity index (χ0) is 33.4. The van der Waals surface area contributed by atoms with Gasteiger partial charge in [-0.15, -0.1) is 0 Å². The summed E-state index contributed by atoms with van der Waals surface area (Å²) in [6, 6.07) is 26.6. The highest BCUT2D eigenvalue weighted by molar-refractivity contribution is 5.94. The maximum atomic E-state index is 13.5. The van der Waals surface area contributed by atoms with Crippen molar-refractivity contribution in [2.24, 2.45) is 0 Å². The van der Waals surface area contributed by atoms with E-state index in [-0.39, 0.29) is 12.6 Å². The summed E-state index contributed by atoms with van der Waals surface area (Å²) in [7, 11) is 1.92. The lowest BCUT2D eigenvalue weighted by Crippen LogP contribution is -2.29. The Morgan fingerprint density at radius 1 is 0.787 bits per heavy atom. The van der Waals surface area contributed by atoms with E-state index in [1.807, 2.05) is 26.1 Å². The van der Waals surface area contributed by atoms with Gasteiger partial charge in [-0.05, 0) is 124 Å². The first kappa shape index (κ1) is 34.4. The van der Waals surface area contributed by atoms with Crippen molar-refractivity contribution < 1.29 is 19.0 Å². The molecule has 6 heteroatoms.